The molecule has 0 N–H and O–H groups in total. The average Bonchev–Trinajstić information content (AvgIpc) is 2.65. The summed E-state index contributed by atoms with van der Waals surface area (Å²) in [6, 6.07) is 9.93. The molecule has 1 aromatic carbocycles. The van der Waals surface area contributed by atoms with Crippen LogP contribution in [0.5, 0.6) is 5.75 Å². The van der Waals surface area contributed by atoms with E-state index in [4.69, 9.17) is 4.74 Å². The predicted octanol–water partition coefficient (Wildman–Crippen LogP) is 2.10. The molecular formula is C11H12N2O. The number of ether oxygens (including phenoxy) is 1. The van der Waals surface area contributed by atoms with E-state index in [-0.39, 0.29) is 0 Å². The van der Waals surface area contributed by atoms with Gasteiger partial charge in [0.1, 0.15) is 5.75 Å². The van der Waals surface area contributed by atoms with Crippen LogP contribution < -0.4 is 4.74 Å². The van der Waals surface area contributed by atoms with E-state index in [0.717, 1.165) is 17.0 Å². The second-order valence-electron chi connectivity index (χ2n) is 3.07. The monoisotopic (exact) mass is 188 g/mol. The number of hydrogen-bond donors (Lipinski definition) is 0. The summed E-state index contributed by atoms with van der Waals surface area (Å²) in [6.07, 6.45) is 1.79. The number of aromatic nitrogens is 2. The van der Waals surface area contributed by atoms with Gasteiger partial charge in [0.15, 0.2) is 0 Å². The Balaban J connectivity index is 2.39. The molecule has 14 heavy (non-hydrogen) atoms. The van der Waals surface area contributed by atoms with E-state index in [0.29, 0.717) is 0 Å². The molecule has 2 aromatic rings. The van der Waals surface area contributed by atoms with Crippen molar-refractivity contribution in [3.63, 3.8) is 0 Å². The zero-order chi connectivity index (χ0) is 9.97. The van der Waals surface area contributed by atoms with Gasteiger partial charge in [0.25, 0.3) is 0 Å². The van der Waals surface area contributed by atoms with E-state index in [1.807, 2.05) is 42.1 Å². The first-order valence-corrected chi connectivity index (χ1v) is 4.43. The van der Waals surface area contributed by atoms with Gasteiger partial charge < -0.3 is 4.74 Å². The van der Waals surface area contributed by atoms with Gasteiger partial charge in [-0.2, -0.15) is 5.10 Å². The van der Waals surface area contributed by atoms with Gasteiger partial charge in [-0.15, -0.1) is 0 Å². The molecule has 0 unspecified atom stereocenters. The molecule has 0 spiro atoms. The topological polar surface area (TPSA) is 27.1 Å². The molecule has 0 atom stereocenters. The summed E-state index contributed by atoms with van der Waals surface area (Å²) in [5, 5.41) is 4.12. The van der Waals surface area contributed by atoms with Crippen LogP contribution in [0.1, 0.15) is 0 Å². The molecule has 0 radical (unpaired) electrons. The first-order valence-electron chi connectivity index (χ1n) is 4.43. The van der Waals surface area contributed by atoms with Gasteiger partial charge in [0.2, 0.25) is 0 Å². The molecule has 0 amide bonds. The molecule has 0 aliphatic rings. The highest BCUT2D eigenvalue weighted by molar-refractivity contribution is 5.60. The summed E-state index contributed by atoms with van der Waals surface area (Å²) in [7, 11) is 3.60. The molecule has 72 valence electrons. The number of aryl methyl sites for hydroxylation is 1. The SMILES string of the molecule is COc1ccc(-c2ccnn2C)cc1. The van der Waals surface area contributed by atoms with Gasteiger partial charge in [0, 0.05) is 18.8 Å². The molecule has 0 bridgehead atoms. The van der Waals surface area contributed by atoms with Crippen molar-refractivity contribution in [2.75, 3.05) is 7.11 Å². The van der Waals surface area contributed by atoms with Crippen molar-refractivity contribution < 1.29 is 4.74 Å². The van der Waals surface area contributed by atoms with Crippen molar-refractivity contribution in [2.45, 2.75) is 0 Å². The lowest BCUT2D eigenvalue weighted by atomic mass is 10.1. The molecule has 0 saturated carbocycles. The van der Waals surface area contributed by atoms with Crippen molar-refractivity contribution >= 4 is 0 Å². The Morgan fingerprint density at radius 1 is 1.14 bits per heavy atom. The number of rotatable bonds is 2. The highest BCUT2D eigenvalue weighted by Gasteiger charge is 2.01. The summed E-state index contributed by atoms with van der Waals surface area (Å²) in [5.74, 6) is 0.871. The maximum Gasteiger partial charge on any atom is 0.118 e. The minimum absolute atomic E-state index is 0.871. The molecule has 3 heteroatoms. The number of hydrogen-bond acceptors (Lipinski definition) is 2. The minimum atomic E-state index is 0.871. The maximum absolute atomic E-state index is 5.09. The van der Waals surface area contributed by atoms with Gasteiger partial charge in [-0.3, -0.25) is 4.68 Å². The van der Waals surface area contributed by atoms with Crippen molar-refractivity contribution in [1.29, 1.82) is 0 Å². The third kappa shape index (κ3) is 1.48. The summed E-state index contributed by atoms with van der Waals surface area (Å²) >= 11 is 0. The van der Waals surface area contributed by atoms with Crippen LogP contribution >= 0.6 is 0 Å². The molecule has 0 saturated heterocycles. The summed E-state index contributed by atoms with van der Waals surface area (Å²) in [5.41, 5.74) is 2.25. The highest BCUT2D eigenvalue weighted by Crippen LogP contribution is 2.20. The second-order valence-corrected chi connectivity index (χ2v) is 3.07. The molecule has 0 aliphatic carbocycles. The van der Waals surface area contributed by atoms with E-state index in [1.165, 1.54) is 0 Å². The normalized spacial score (nSPS) is 10.1. The smallest absolute Gasteiger partial charge is 0.118 e. The van der Waals surface area contributed by atoms with Crippen LogP contribution in [0, 0.1) is 0 Å². The highest BCUT2D eigenvalue weighted by atomic mass is 16.5. The fourth-order valence-electron chi connectivity index (χ4n) is 1.42. The Morgan fingerprint density at radius 2 is 1.86 bits per heavy atom. The third-order valence-electron chi connectivity index (χ3n) is 2.21. The first-order chi connectivity index (χ1) is 6.81. The Labute approximate surface area is 82.9 Å². The van der Waals surface area contributed by atoms with Crippen LogP contribution in [-0.4, -0.2) is 16.9 Å². The fourth-order valence-corrected chi connectivity index (χ4v) is 1.42. The summed E-state index contributed by atoms with van der Waals surface area (Å²) in [4.78, 5) is 0. The Bertz CT molecular complexity index is 417. The number of nitrogens with zero attached hydrogens (tertiary/aromatic N) is 2. The van der Waals surface area contributed by atoms with Crippen LogP contribution in [0.2, 0.25) is 0 Å². The number of benzene rings is 1. The fraction of sp³-hybridized carbons (Fsp3) is 0.182. The van der Waals surface area contributed by atoms with Gasteiger partial charge in [0.05, 0.1) is 12.8 Å². The van der Waals surface area contributed by atoms with E-state index < -0.39 is 0 Å². The largest absolute Gasteiger partial charge is 0.497 e. The molecule has 1 heterocycles. The van der Waals surface area contributed by atoms with Crippen molar-refractivity contribution in [2.24, 2.45) is 7.05 Å². The van der Waals surface area contributed by atoms with E-state index in [2.05, 4.69) is 5.10 Å². The number of methoxy groups -OCH3 is 1. The maximum atomic E-state index is 5.09. The van der Waals surface area contributed by atoms with Gasteiger partial charge in [-0.25, -0.2) is 0 Å². The van der Waals surface area contributed by atoms with Crippen LogP contribution in [0.15, 0.2) is 36.5 Å². The van der Waals surface area contributed by atoms with E-state index >= 15 is 0 Å². The quantitative estimate of drug-likeness (QED) is 0.721. The first kappa shape index (κ1) is 8.81. The van der Waals surface area contributed by atoms with E-state index in [9.17, 15) is 0 Å². The van der Waals surface area contributed by atoms with Crippen molar-refractivity contribution in [3.05, 3.63) is 36.5 Å². The Kier molecular flexibility index (Phi) is 2.23. The lowest BCUT2D eigenvalue weighted by Crippen LogP contribution is -1.93. The van der Waals surface area contributed by atoms with Crippen molar-refractivity contribution in [3.8, 4) is 17.0 Å². The summed E-state index contributed by atoms with van der Waals surface area (Å²) in [6.45, 7) is 0. The predicted molar refractivity (Wildman–Crippen MR) is 55.2 cm³/mol. The van der Waals surface area contributed by atoms with Crippen LogP contribution in [0.25, 0.3) is 11.3 Å². The minimum Gasteiger partial charge on any atom is -0.497 e. The van der Waals surface area contributed by atoms with Crippen LogP contribution in [-0.2, 0) is 7.05 Å². The molecule has 2 rings (SSSR count). The van der Waals surface area contributed by atoms with Gasteiger partial charge in [-0.05, 0) is 30.3 Å². The lowest BCUT2D eigenvalue weighted by Gasteiger charge is -2.03. The van der Waals surface area contributed by atoms with Gasteiger partial charge >= 0.3 is 0 Å². The zero-order valence-electron chi connectivity index (χ0n) is 8.27. The second kappa shape index (κ2) is 3.54. The molecule has 0 fully saturated rings. The van der Waals surface area contributed by atoms with Crippen LogP contribution in [0.4, 0.5) is 0 Å². The average molecular weight is 188 g/mol. The standard InChI is InChI=1S/C11H12N2O/c1-13-11(7-8-12-13)9-3-5-10(14-2)6-4-9/h3-8H,1-2H3. The molecule has 3 nitrogen and oxygen atoms in total. The lowest BCUT2D eigenvalue weighted by molar-refractivity contribution is 0.415. The van der Waals surface area contributed by atoms with Crippen LogP contribution in [0.3, 0.4) is 0 Å². The zero-order valence-corrected chi connectivity index (χ0v) is 8.27. The molecule has 1 aromatic heterocycles. The Hall–Kier alpha value is -1.77. The molecular weight excluding hydrogens is 176 g/mol. The van der Waals surface area contributed by atoms with E-state index in [1.54, 1.807) is 13.3 Å². The molecule has 0 aliphatic heterocycles. The van der Waals surface area contributed by atoms with Crippen molar-refractivity contribution in [1.82, 2.24) is 9.78 Å². The summed E-state index contributed by atoms with van der Waals surface area (Å²) < 4.78 is 6.94. The van der Waals surface area contributed by atoms with Gasteiger partial charge in [-0.1, -0.05) is 0 Å². The Morgan fingerprint density at radius 3 is 2.36 bits per heavy atom. The third-order valence-corrected chi connectivity index (χ3v) is 2.21.